The Morgan fingerprint density at radius 3 is 2.22 bits per heavy atom. The summed E-state index contributed by atoms with van der Waals surface area (Å²) in [6.07, 6.45) is 0. The molecule has 0 aliphatic heterocycles. The highest BCUT2D eigenvalue weighted by Crippen LogP contribution is 2.35. The topological polar surface area (TPSA) is 9.23 Å². The maximum atomic E-state index is 13.2. The van der Waals surface area contributed by atoms with Crippen molar-refractivity contribution in [1.29, 1.82) is 0 Å². The molecule has 2 aromatic rings. The Morgan fingerprint density at radius 2 is 1.61 bits per heavy atom. The summed E-state index contributed by atoms with van der Waals surface area (Å²) in [5.41, 5.74) is 1.20. The van der Waals surface area contributed by atoms with E-state index in [0.717, 1.165) is 0 Å². The van der Waals surface area contributed by atoms with E-state index in [1.54, 1.807) is 12.1 Å². The standard InChI is InChI=1S/C14H11ClF2O/c1-18-13-7-6-11(17)8-12(13)14(15)9-2-4-10(16)5-3-9/h2-8,14H,1H3. The fraction of sp³-hybridized carbons (Fsp3) is 0.143. The van der Waals surface area contributed by atoms with Gasteiger partial charge in [-0.1, -0.05) is 12.1 Å². The summed E-state index contributed by atoms with van der Waals surface area (Å²) in [6, 6.07) is 9.90. The van der Waals surface area contributed by atoms with Crippen LogP contribution in [0.3, 0.4) is 0 Å². The van der Waals surface area contributed by atoms with Gasteiger partial charge in [-0.15, -0.1) is 11.6 Å². The zero-order valence-electron chi connectivity index (χ0n) is 9.66. The number of ether oxygens (including phenoxy) is 1. The van der Waals surface area contributed by atoms with E-state index in [1.807, 2.05) is 0 Å². The van der Waals surface area contributed by atoms with Crippen molar-refractivity contribution in [2.75, 3.05) is 7.11 Å². The number of methoxy groups -OCH3 is 1. The van der Waals surface area contributed by atoms with Crippen molar-refractivity contribution in [2.45, 2.75) is 5.38 Å². The first-order valence-corrected chi connectivity index (χ1v) is 5.78. The van der Waals surface area contributed by atoms with Gasteiger partial charge in [0.1, 0.15) is 17.4 Å². The van der Waals surface area contributed by atoms with Crippen LogP contribution in [0.4, 0.5) is 8.78 Å². The van der Waals surface area contributed by atoms with Crippen LogP contribution >= 0.6 is 11.6 Å². The second-order valence-electron chi connectivity index (χ2n) is 3.80. The quantitative estimate of drug-likeness (QED) is 0.754. The highest BCUT2D eigenvalue weighted by molar-refractivity contribution is 6.22. The van der Waals surface area contributed by atoms with Crippen LogP contribution in [0.15, 0.2) is 42.5 Å². The predicted octanol–water partition coefficient (Wildman–Crippen LogP) is 4.30. The molecule has 0 bridgehead atoms. The van der Waals surface area contributed by atoms with Crippen molar-refractivity contribution < 1.29 is 13.5 Å². The van der Waals surface area contributed by atoms with E-state index in [4.69, 9.17) is 16.3 Å². The molecule has 18 heavy (non-hydrogen) atoms. The third-order valence-corrected chi connectivity index (χ3v) is 3.11. The lowest BCUT2D eigenvalue weighted by molar-refractivity contribution is 0.409. The number of halogens is 3. The molecule has 0 spiro atoms. The van der Waals surface area contributed by atoms with Crippen molar-refractivity contribution in [2.24, 2.45) is 0 Å². The molecule has 0 saturated carbocycles. The third-order valence-electron chi connectivity index (χ3n) is 2.63. The molecule has 1 unspecified atom stereocenters. The molecule has 0 radical (unpaired) electrons. The fourth-order valence-corrected chi connectivity index (χ4v) is 2.03. The van der Waals surface area contributed by atoms with E-state index in [1.165, 1.54) is 37.4 Å². The normalized spacial score (nSPS) is 12.2. The lowest BCUT2D eigenvalue weighted by Crippen LogP contribution is -1.98. The Morgan fingerprint density at radius 1 is 1.00 bits per heavy atom. The van der Waals surface area contributed by atoms with Gasteiger partial charge >= 0.3 is 0 Å². The Kier molecular flexibility index (Phi) is 3.82. The second-order valence-corrected chi connectivity index (χ2v) is 4.24. The molecular formula is C14H11ClF2O. The number of hydrogen-bond donors (Lipinski definition) is 0. The molecule has 94 valence electrons. The molecule has 1 nitrogen and oxygen atoms in total. The van der Waals surface area contributed by atoms with Gasteiger partial charge in [-0.05, 0) is 35.9 Å². The molecule has 0 saturated heterocycles. The van der Waals surface area contributed by atoms with E-state index in [-0.39, 0.29) is 5.82 Å². The van der Waals surface area contributed by atoms with E-state index >= 15 is 0 Å². The monoisotopic (exact) mass is 268 g/mol. The van der Waals surface area contributed by atoms with Gasteiger partial charge in [0.05, 0.1) is 12.5 Å². The van der Waals surface area contributed by atoms with E-state index in [2.05, 4.69) is 0 Å². The van der Waals surface area contributed by atoms with Crippen LogP contribution in [0, 0.1) is 11.6 Å². The first-order chi connectivity index (χ1) is 8.61. The van der Waals surface area contributed by atoms with Crippen LogP contribution in [0.2, 0.25) is 0 Å². The van der Waals surface area contributed by atoms with Crippen LogP contribution in [0.25, 0.3) is 0 Å². The van der Waals surface area contributed by atoms with Gasteiger partial charge < -0.3 is 4.74 Å². The molecule has 0 N–H and O–H groups in total. The zero-order chi connectivity index (χ0) is 13.1. The first kappa shape index (κ1) is 12.8. The summed E-state index contributed by atoms with van der Waals surface area (Å²) in [5.74, 6) is -0.229. The van der Waals surface area contributed by atoms with Crippen LogP contribution in [-0.2, 0) is 0 Å². The summed E-state index contributed by atoms with van der Waals surface area (Å²) in [4.78, 5) is 0. The van der Waals surface area contributed by atoms with Crippen LogP contribution in [0.5, 0.6) is 5.75 Å². The summed E-state index contributed by atoms with van der Waals surface area (Å²) < 4.78 is 31.2. The van der Waals surface area contributed by atoms with E-state index in [9.17, 15) is 8.78 Å². The molecule has 0 heterocycles. The number of hydrogen-bond acceptors (Lipinski definition) is 1. The Bertz CT molecular complexity index is 540. The second kappa shape index (κ2) is 5.36. The molecule has 0 aliphatic rings. The average Bonchev–Trinajstić information content (AvgIpc) is 2.39. The lowest BCUT2D eigenvalue weighted by Gasteiger charge is -2.14. The largest absolute Gasteiger partial charge is 0.496 e. The minimum absolute atomic E-state index is 0.339. The molecule has 1 atom stereocenters. The molecule has 0 fully saturated rings. The smallest absolute Gasteiger partial charge is 0.124 e. The predicted molar refractivity (Wildman–Crippen MR) is 67.0 cm³/mol. The summed E-state index contributed by atoms with van der Waals surface area (Å²) in [7, 11) is 1.49. The van der Waals surface area contributed by atoms with Crippen molar-refractivity contribution >= 4 is 11.6 Å². The average molecular weight is 269 g/mol. The van der Waals surface area contributed by atoms with Crippen molar-refractivity contribution in [3.05, 3.63) is 65.2 Å². The molecule has 0 aliphatic carbocycles. The molecule has 2 aromatic carbocycles. The third kappa shape index (κ3) is 2.62. The molecule has 4 heteroatoms. The van der Waals surface area contributed by atoms with Crippen LogP contribution in [0.1, 0.15) is 16.5 Å². The molecule has 0 amide bonds. The van der Waals surface area contributed by atoms with Gasteiger partial charge in [-0.25, -0.2) is 8.78 Å². The summed E-state index contributed by atoms with van der Waals surface area (Å²) in [6.45, 7) is 0. The Labute approximate surface area is 109 Å². The van der Waals surface area contributed by atoms with Crippen LogP contribution in [-0.4, -0.2) is 7.11 Å². The maximum absolute atomic E-state index is 13.2. The zero-order valence-corrected chi connectivity index (χ0v) is 10.4. The van der Waals surface area contributed by atoms with Gasteiger partial charge in [0.25, 0.3) is 0 Å². The van der Waals surface area contributed by atoms with Crippen molar-refractivity contribution in [3.8, 4) is 5.75 Å². The number of alkyl halides is 1. The minimum Gasteiger partial charge on any atom is -0.496 e. The van der Waals surface area contributed by atoms with Crippen molar-refractivity contribution in [3.63, 3.8) is 0 Å². The highest BCUT2D eigenvalue weighted by atomic mass is 35.5. The van der Waals surface area contributed by atoms with Gasteiger partial charge in [-0.3, -0.25) is 0 Å². The van der Waals surface area contributed by atoms with Crippen LogP contribution < -0.4 is 4.74 Å². The lowest BCUT2D eigenvalue weighted by atomic mass is 10.0. The van der Waals surface area contributed by atoms with Crippen molar-refractivity contribution in [1.82, 2.24) is 0 Å². The molecule has 0 aromatic heterocycles. The van der Waals surface area contributed by atoms with E-state index in [0.29, 0.717) is 16.9 Å². The maximum Gasteiger partial charge on any atom is 0.124 e. The number of rotatable bonds is 3. The fourth-order valence-electron chi connectivity index (χ4n) is 1.71. The van der Waals surface area contributed by atoms with Gasteiger partial charge in [0.2, 0.25) is 0 Å². The highest BCUT2D eigenvalue weighted by Gasteiger charge is 2.16. The Balaban J connectivity index is 2.41. The summed E-state index contributed by atoms with van der Waals surface area (Å²) in [5, 5.41) is -0.587. The first-order valence-electron chi connectivity index (χ1n) is 5.35. The molecular weight excluding hydrogens is 258 g/mol. The molecule has 2 rings (SSSR count). The van der Waals surface area contributed by atoms with E-state index < -0.39 is 11.2 Å². The Hall–Kier alpha value is -1.61. The minimum atomic E-state index is -0.587. The van der Waals surface area contributed by atoms with Gasteiger partial charge in [0, 0.05) is 5.56 Å². The number of benzene rings is 2. The van der Waals surface area contributed by atoms with Gasteiger partial charge in [-0.2, -0.15) is 0 Å². The SMILES string of the molecule is COc1ccc(F)cc1C(Cl)c1ccc(F)cc1. The van der Waals surface area contributed by atoms with Gasteiger partial charge in [0.15, 0.2) is 0 Å². The summed E-state index contributed by atoms with van der Waals surface area (Å²) >= 11 is 6.27.